The van der Waals surface area contributed by atoms with E-state index in [1.54, 1.807) is 6.92 Å². The average Bonchev–Trinajstić information content (AvgIpc) is 2.52. The van der Waals surface area contributed by atoms with Crippen LogP contribution in [0.15, 0.2) is 10.8 Å². The molecular weight excluding hydrogens is 156 g/mol. The molecule has 2 heterocycles. The van der Waals surface area contributed by atoms with Crippen LogP contribution in [0.1, 0.15) is 11.5 Å². The predicted octanol–water partition coefficient (Wildman–Crippen LogP) is 0.798. The summed E-state index contributed by atoms with van der Waals surface area (Å²) < 4.78 is 4.93. The lowest BCUT2D eigenvalue weighted by atomic mass is 10.4. The molecule has 0 atom stereocenters. The monoisotopic (exact) mass is 160 g/mol. The molecular formula is C7H4N4O. The van der Waals surface area contributed by atoms with Gasteiger partial charge in [-0.2, -0.15) is 10.2 Å². The number of rotatable bonds is 0. The van der Waals surface area contributed by atoms with Crippen molar-refractivity contribution in [2.24, 2.45) is 0 Å². The van der Waals surface area contributed by atoms with Gasteiger partial charge in [0.05, 0.1) is 5.69 Å². The summed E-state index contributed by atoms with van der Waals surface area (Å²) in [6.45, 7) is 1.76. The van der Waals surface area contributed by atoms with Crippen LogP contribution in [0.4, 0.5) is 0 Å². The fraction of sp³-hybridized carbons (Fsp3) is 0.143. The molecule has 0 aliphatic heterocycles. The second-order valence-electron chi connectivity index (χ2n) is 2.25. The third-order valence-corrected chi connectivity index (χ3v) is 1.47. The van der Waals surface area contributed by atoms with Gasteiger partial charge in [0.15, 0.2) is 11.9 Å². The third-order valence-electron chi connectivity index (χ3n) is 1.47. The van der Waals surface area contributed by atoms with Gasteiger partial charge in [0.25, 0.3) is 5.71 Å². The van der Waals surface area contributed by atoms with Crippen LogP contribution < -0.4 is 0 Å². The fourth-order valence-electron chi connectivity index (χ4n) is 0.950. The van der Waals surface area contributed by atoms with E-state index in [0.29, 0.717) is 16.9 Å². The molecule has 0 aliphatic rings. The van der Waals surface area contributed by atoms with E-state index < -0.39 is 0 Å². The summed E-state index contributed by atoms with van der Waals surface area (Å²) in [7, 11) is 0. The molecule has 0 N–H and O–H groups in total. The zero-order valence-electron chi connectivity index (χ0n) is 6.27. The van der Waals surface area contributed by atoms with Crippen molar-refractivity contribution in [2.75, 3.05) is 0 Å². The SMILES string of the molecule is Cc1nc(C#N)nc2ocnc12. The maximum atomic E-state index is 8.52. The minimum Gasteiger partial charge on any atom is -0.425 e. The molecule has 0 saturated carbocycles. The number of nitriles is 1. The second kappa shape index (κ2) is 2.27. The van der Waals surface area contributed by atoms with E-state index in [-0.39, 0.29) is 5.82 Å². The zero-order valence-corrected chi connectivity index (χ0v) is 6.27. The maximum absolute atomic E-state index is 8.52. The molecule has 0 unspecified atom stereocenters. The van der Waals surface area contributed by atoms with Crippen molar-refractivity contribution in [3.05, 3.63) is 17.9 Å². The van der Waals surface area contributed by atoms with Crippen molar-refractivity contribution in [2.45, 2.75) is 6.92 Å². The van der Waals surface area contributed by atoms with E-state index >= 15 is 0 Å². The number of hydrogen-bond donors (Lipinski definition) is 0. The maximum Gasteiger partial charge on any atom is 0.251 e. The highest BCUT2D eigenvalue weighted by Gasteiger charge is 2.06. The highest BCUT2D eigenvalue weighted by molar-refractivity contribution is 5.70. The lowest BCUT2D eigenvalue weighted by Crippen LogP contribution is -1.92. The molecule has 12 heavy (non-hydrogen) atoms. The predicted molar refractivity (Wildman–Crippen MR) is 39.1 cm³/mol. The van der Waals surface area contributed by atoms with Gasteiger partial charge in [-0.05, 0) is 6.92 Å². The molecule has 5 nitrogen and oxygen atoms in total. The van der Waals surface area contributed by atoms with Gasteiger partial charge in [-0.15, -0.1) is 0 Å². The smallest absolute Gasteiger partial charge is 0.251 e. The normalized spacial score (nSPS) is 10.0. The van der Waals surface area contributed by atoms with Gasteiger partial charge in [0.1, 0.15) is 6.07 Å². The molecule has 2 aromatic heterocycles. The first kappa shape index (κ1) is 6.73. The molecule has 0 radical (unpaired) electrons. The van der Waals surface area contributed by atoms with Gasteiger partial charge in [0, 0.05) is 0 Å². The van der Waals surface area contributed by atoms with Crippen LogP contribution in [0.5, 0.6) is 0 Å². The Morgan fingerprint density at radius 3 is 3.08 bits per heavy atom. The first-order valence-corrected chi connectivity index (χ1v) is 3.29. The Morgan fingerprint density at radius 1 is 1.50 bits per heavy atom. The Balaban J connectivity index is 2.86. The highest BCUT2D eigenvalue weighted by Crippen LogP contribution is 2.11. The number of nitrogens with zero attached hydrogens (tertiary/aromatic N) is 4. The molecule has 2 aromatic rings. The van der Waals surface area contributed by atoms with Crippen LogP contribution in [0.25, 0.3) is 11.2 Å². The summed E-state index contributed by atoms with van der Waals surface area (Å²) in [4.78, 5) is 11.6. The largest absolute Gasteiger partial charge is 0.425 e. The van der Waals surface area contributed by atoms with Crippen molar-refractivity contribution in [3.63, 3.8) is 0 Å². The molecule has 2 rings (SSSR count). The third kappa shape index (κ3) is 0.820. The van der Waals surface area contributed by atoms with Gasteiger partial charge in [-0.3, -0.25) is 0 Å². The fourth-order valence-corrected chi connectivity index (χ4v) is 0.950. The minimum absolute atomic E-state index is 0.108. The number of hydrogen-bond acceptors (Lipinski definition) is 5. The van der Waals surface area contributed by atoms with Crippen molar-refractivity contribution >= 4 is 11.2 Å². The van der Waals surface area contributed by atoms with E-state index in [0.717, 1.165) is 0 Å². The van der Waals surface area contributed by atoms with Crippen molar-refractivity contribution in [1.82, 2.24) is 15.0 Å². The molecule has 5 heteroatoms. The molecule has 0 bridgehead atoms. The number of oxazole rings is 1. The van der Waals surface area contributed by atoms with Crippen LogP contribution >= 0.6 is 0 Å². The topological polar surface area (TPSA) is 75.6 Å². The van der Waals surface area contributed by atoms with E-state index in [1.807, 2.05) is 6.07 Å². The van der Waals surface area contributed by atoms with Crippen molar-refractivity contribution < 1.29 is 4.42 Å². The standard InChI is InChI=1S/C7H4N4O/c1-4-6-7(12-3-9-6)11-5(2-8)10-4/h3H,1H3. The van der Waals surface area contributed by atoms with E-state index in [9.17, 15) is 0 Å². The van der Waals surface area contributed by atoms with Crippen LogP contribution in [0.3, 0.4) is 0 Å². The first-order valence-electron chi connectivity index (χ1n) is 3.29. The van der Waals surface area contributed by atoms with Crippen LogP contribution in [0, 0.1) is 18.3 Å². The summed E-state index contributed by atoms with van der Waals surface area (Å²) in [6, 6.07) is 1.84. The Bertz CT molecular complexity index is 468. The highest BCUT2D eigenvalue weighted by atomic mass is 16.3. The van der Waals surface area contributed by atoms with Crippen molar-refractivity contribution in [1.29, 1.82) is 5.26 Å². The summed E-state index contributed by atoms with van der Waals surface area (Å²) in [5.74, 6) is 0.108. The van der Waals surface area contributed by atoms with E-state index in [1.165, 1.54) is 6.39 Å². The molecule has 0 fully saturated rings. The lowest BCUT2D eigenvalue weighted by Gasteiger charge is -1.91. The van der Waals surface area contributed by atoms with Gasteiger partial charge in [-0.25, -0.2) is 9.97 Å². The Hall–Kier alpha value is -1.96. The van der Waals surface area contributed by atoms with Crippen molar-refractivity contribution in [3.8, 4) is 6.07 Å². The molecule has 58 valence electrons. The van der Waals surface area contributed by atoms with Gasteiger partial charge in [-0.1, -0.05) is 0 Å². The quantitative estimate of drug-likeness (QED) is 0.569. The van der Waals surface area contributed by atoms with Crippen LogP contribution in [0.2, 0.25) is 0 Å². The van der Waals surface area contributed by atoms with E-state index in [4.69, 9.17) is 9.68 Å². The van der Waals surface area contributed by atoms with E-state index in [2.05, 4.69) is 15.0 Å². The number of fused-ring (bicyclic) bond motifs is 1. The van der Waals surface area contributed by atoms with Crippen LogP contribution in [-0.2, 0) is 0 Å². The average molecular weight is 160 g/mol. The number of aryl methyl sites for hydroxylation is 1. The van der Waals surface area contributed by atoms with Gasteiger partial charge < -0.3 is 4.42 Å². The summed E-state index contributed by atoms with van der Waals surface area (Å²) >= 11 is 0. The number of aromatic nitrogens is 3. The summed E-state index contributed by atoms with van der Waals surface area (Å²) in [5.41, 5.74) is 1.62. The second-order valence-corrected chi connectivity index (χ2v) is 2.25. The Kier molecular flexibility index (Phi) is 1.27. The van der Waals surface area contributed by atoms with Crippen LogP contribution in [-0.4, -0.2) is 15.0 Å². The molecule has 0 amide bonds. The molecule has 0 spiro atoms. The summed E-state index contributed by atoms with van der Waals surface area (Å²) in [5, 5.41) is 8.52. The Morgan fingerprint density at radius 2 is 2.33 bits per heavy atom. The van der Waals surface area contributed by atoms with Gasteiger partial charge in [0.2, 0.25) is 5.82 Å². The zero-order chi connectivity index (χ0) is 8.55. The lowest BCUT2D eigenvalue weighted by molar-refractivity contribution is 0.589. The first-order chi connectivity index (χ1) is 5.81. The van der Waals surface area contributed by atoms with Gasteiger partial charge >= 0.3 is 0 Å². The minimum atomic E-state index is 0.108. The molecule has 0 saturated heterocycles. The Labute approximate surface area is 67.7 Å². The molecule has 0 aromatic carbocycles. The summed E-state index contributed by atoms with van der Waals surface area (Å²) in [6.07, 6.45) is 1.29. The molecule has 0 aliphatic carbocycles.